The lowest BCUT2D eigenvalue weighted by atomic mass is 10.1. The molecular formula is C16H22N4OS. The van der Waals surface area contributed by atoms with Crippen LogP contribution in [0, 0.1) is 0 Å². The number of fused-ring (bicyclic) bond motifs is 1. The van der Waals surface area contributed by atoms with Crippen molar-refractivity contribution in [3.63, 3.8) is 0 Å². The molecule has 2 atom stereocenters. The summed E-state index contributed by atoms with van der Waals surface area (Å²) in [6.07, 6.45) is 4.63. The Kier molecular flexibility index (Phi) is 4.59. The third-order valence-corrected chi connectivity index (χ3v) is 5.36. The van der Waals surface area contributed by atoms with Crippen LogP contribution in [0.4, 0.5) is 0 Å². The van der Waals surface area contributed by atoms with Gasteiger partial charge in [0.15, 0.2) is 0 Å². The van der Waals surface area contributed by atoms with E-state index < -0.39 is 0 Å². The van der Waals surface area contributed by atoms with E-state index in [4.69, 9.17) is 0 Å². The number of aromatic nitrogens is 2. The molecule has 1 aliphatic rings. The summed E-state index contributed by atoms with van der Waals surface area (Å²) >= 11 is 1.85. The van der Waals surface area contributed by atoms with Crippen molar-refractivity contribution in [1.29, 1.82) is 0 Å². The molecule has 2 aromatic rings. The van der Waals surface area contributed by atoms with Gasteiger partial charge >= 0.3 is 0 Å². The molecular weight excluding hydrogens is 296 g/mol. The first kappa shape index (κ1) is 15.2. The zero-order valence-electron chi connectivity index (χ0n) is 13.0. The Labute approximate surface area is 134 Å². The fourth-order valence-corrected chi connectivity index (χ4v) is 3.69. The van der Waals surface area contributed by atoms with Crippen LogP contribution in [0.25, 0.3) is 0 Å². The average Bonchev–Trinajstić information content (AvgIpc) is 3.21. The van der Waals surface area contributed by atoms with Gasteiger partial charge < -0.3 is 5.32 Å². The summed E-state index contributed by atoms with van der Waals surface area (Å²) in [7, 11) is 0. The first-order valence-corrected chi connectivity index (χ1v) is 8.59. The Morgan fingerprint density at radius 3 is 3.14 bits per heavy atom. The zero-order chi connectivity index (χ0) is 15.5. The third kappa shape index (κ3) is 3.23. The van der Waals surface area contributed by atoms with E-state index in [1.807, 2.05) is 30.5 Å². The molecule has 0 saturated carbocycles. The maximum Gasteiger partial charge on any atom is 0.244 e. The van der Waals surface area contributed by atoms with Crippen molar-refractivity contribution in [3.05, 3.63) is 40.3 Å². The predicted molar refractivity (Wildman–Crippen MR) is 87.8 cm³/mol. The highest BCUT2D eigenvalue weighted by Crippen LogP contribution is 2.24. The Morgan fingerprint density at radius 1 is 1.50 bits per heavy atom. The Morgan fingerprint density at radius 2 is 2.36 bits per heavy atom. The largest absolute Gasteiger partial charge is 0.353 e. The normalized spacial score (nSPS) is 17.7. The number of carbonyl (C=O) groups is 1. The SMILES string of the molecule is C[C@H](C(=O)NC[C@H](C)N1CCc2sccc2C1)n1cccn1. The Bertz CT molecular complexity index is 622. The highest BCUT2D eigenvalue weighted by atomic mass is 32.1. The topological polar surface area (TPSA) is 50.2 Å². The molecule has 5 nitrogen and oxygen atoms in total. The second kappa shape index (κ2) is 6.62. The number of hydrogen-bond acceptors (Lipinski definition) is 4. The smallest absolute Gasteiger partial charge is 0.244 e. The number of nitrogens with one attached hydrogen (secondary N) is 1. The zero-order valence-corrected chi connectivity index (χ0v) is 13.8. The van der Waals surface area contributed by atoms with Crippen LogP contribution in [-0.4, -0.2) is 39.7 Å². The number of nitrogens with zero attached hydrogens (tertiary/aromatic N) is 3. The van der Waals surface area contributed by atoms with E-state index in [0.29, 0.717) is 12.6 Å². The van der Waals surface area contributed by atoms with Crippen LogP contribution in [0.2, 0.25) is 0 Å². The minimum atomic E-state index is -0.271. The maximum absolute atomic E-state index is 12.2. The first-order chi connectivity index (χ1) is 10.6. The van der Waals surface area contributed by atoms with E-state index in [1.165, 1.54) is 10.4 Å². The van der Waals surface area contributed by atoms with Crippen LogP contribution in [0.5, 0.6) is 0 Å². The van der Waals surface area contributed by atoms with Crippen LogP contribution in [0.1, 0.15) is 30.3 Å². The fourth-order valence-electron chi connectivity index (χ4n) is 2.80. The monoisotopic (exact) mass is 318 g/mol. The minimum absolute atomic E-state index is 0.0174. The molecule has 3 heterocycles. The van der Waals surface area contributed by atoms with Crippen LogP contribution in [-0.2, 0) is 17.8 Å². The van der Waals surface area contributed by atoms with E-state index in [-0.39, 0.29) is 11.9 Å². The van der Waals surface area contributed by atoms with Crippen molar-refractivity contribution in [2.75, 3.05) is 13.1 Å². The van der Waals surface area contributed by atoms with Gasteiger partial charge in [-0.1, -0.05) is 0 Å². The average molecular weight is 318 g/mol. The van der Waals surface area contributed by atoms with Crippen molar-refractivity contribution in [1.82, 2.24) is 20.0 Å². The van der Waals surface area contributed by atoms with E-state index in [2.05, 4.69) is 33.7 Å². The van der Waals surface area contributed by atoms with Gasteiger partial charge in [-0.15, -0.1) is 11.3 Å². The van der Waals surface area contributed by atoms with Crippen molar-refractivity contribution >= 4 is 17.2 Å². The van der Waals surface area contributed by atoms with Gasteiger partial charge in [-0.05, 0) is 43.3 Å². The highest BCUT2D eigenvalue weighted by Gasteiger charge is 2.22. The van der Waals surface area contributed by atoms with Crippen molar-refractivity contribution in [3.8, 4) is 0 Å². The lowest BCUT2D eigenvalue weighted by molar-refractivity contribution is -0.124. The summed E-state index contributed by atoms with van der Waals surface area (Å²) in [4.78, 5) is 16.1. The molecule has 1 N–H and O–H groups in total. The molecule has 1 amide bonds. The minimum Gasteiger partial charge on any atom is -0.353 e. The van der Waals surface area contributed by atoms with Gasteiger partial charge in [-0.3, -0.25) is 14.4 Å². The predicted octanol–water partition coefficient (Wildman–Crippen LogP) is 2.07. The summed E-state index contributed by atoms with van der Waals surface area (Å²) in [6.45, 7) is 6.77. The standard InChI is InChI=1S/C16H22N4OS/c1-12(19-8-4-15-14(11-19)5-9-22-15)10-17-16(21)13(2)20-7-3-6-18-20/h3,5-7,9,12-13H,4,8,10-11H2,1-2H3,(H,17,21)/t12-,13+/m0/s1. The van der Waals surface area contributed by atoms with Crippen molar-refractivity contribution in [2.45, 2.75) is 38.9 Å². The molecule has 0 unspecified atom stereocenters. The quantitative estimate of drug-likeness (QED) is 0.918. The van der Waals surface area contributed by atoms with E-state index in [9.17, 15) is 4.79 Å². The van der Waals surface area contributed by atoms with Gasteiger partial charge in [-0.25, -0.2) is 0 Å². The van der Waals surface area contributed by atoms with Gasteiger partial charge in [0.1, 0.15) is 6.04 Å². The molecule has 0 radical (unpaired) electrons. The molecule has 22 heavy (non-hydrogen) atoms. The molecule has 2 aromatic heterocycles. The molecule has 0 fully saturated rings. The van der Waals surface area contributed by atoms with Crippen LogP contribution in [0.15, 0.2) is 29.9 Å². The molecule has 0 spiro atoms. The maximum atomic E-state index is 12.2. The summed E-state index contributed by atoms with van der Waals surface area (Å²) in [5.74, 6) is 0.0174. The van der Waals surface area contributed by atoms with Crippen LogP contribution >= 0.6 is 11.3 Å². The Hall–Kier alpha value is -1.66. The summed E-state index contributed by atoms with van der Waals surface area (Å²) in [6, 6.07) is 4.12. The van der Waals surface area contributed by atoms with Gasteiger partial charge in [0.05, 0.1) is 0 Å². The molecule has 0 bridgehead atoms. The number of hydrogen-bond donors (Lipinski definition) is 1. The number of thiophene rings is 1. The van der Waals surface area contributed by atoms with Crippen molar-refractivity contribution in [2.24, 2.45) is 0 Å². The molecule has 0 saturated heterocycles. The van der Waals surface area contributed by atoms with Gasteiger partial charge in [-0.2, -0.15) is 5.10 Å². The summed E-state index contributed by atoms with van der Waals surface area (Å²) < 4.78 is 1.68. The molecule has 118 valence electrons. The van der Waals surface area contributed by atoms with Gasteiger partial charge in [0.25, 0.3) is 0 Å². The molecule has 0 aliphatic carbocycles. The summed E-state index contributed by atoms with van der Waals surface area (Å²) in [5, 5.41) is 9.34. The molecule has 1 aliphatic heterocycles. The van der Waals surface area contributed by atoms with Crippen molar-refractivity contribution < 1.29 is 4.79 Å². The van der Waals surface area contributed by atoms with Crippen LogP contribution < -0.4 is 5.32 Å². The first-order valence-electron chi connectivity index (χ1n) is 7.71. The second-order valence-electron chi connectivity index (χ2n) is 5.85. The third-order valence-electron chi connectivity index (χ3n) is 4.33. The van der Waals surface area contributed by atoms with Gasteiger partial charge in [0, 0.05) is 42.9 Å². The van der Waals surface area contributed by atoms with E-state index in [1.54, 1.807) is 10.9 Å². The molecule has 6 heteroatoms. The number of rotatable bonds is 5. The van der Waals surface area contributed by atoms with Gasteiger partial charge in [0.2, 0.25) is 5.91 Å². The molecule has 3 rings (SSSR count). The highest BCUT2D eigenvalue weighted by molar-refractivity contribution is 7.10. The lowest BCUT2D eigenvalue weighted by Gasteiger charge is -2.32. The lowest BCUT2D eigenvalue weighted by Crippen LogP contribution is -2.45. The van der Waals surface area contributed by atoms with E-state index in [0.717, 1.165) is 19.5 Å². The summed E-state index contributed by atoms with van der Waals surface area (Å²) in [5.41, 5.74) is 1.44. The molecule has 0 aromatic carbocycles. The number of carbonyl (C=O) groups excluding carboxylic acids is 1. The number of amides is 1. The second-order valence-corrected chi connectivity index (χ2v) is 6.85. The van der Waals surface area contributed by atoms with Crippen LogP contribution in [0.3, 0.4) is 0 Å². The fraction of sp³-hybridized carbons (Fsp3) is 0.500. The Balaban J connectivity index is 1.50. The van der Waals surface area contributed by atoms with E-state index >= 15 is 0 Å².